The summed E-state index contributed by atoms with van der Waals surface area (Å²) >= 11 is 0. The Morgan fingerprint density at radius 2 is 2.36 bits per heavy atom. The fourth-order valence-electron chi connectivity index (χ4n) is 0.734. The average Bonchev–Trinajstić information content (AvgIpc) is 1.86. The SMILES string of the molecule is CCC[C@H](NC(=N)N)C(=O)O. The Morgan fingerprint density at radius 3 is 2.64 bits per heavy atom. The Morgan fingerprint density at radius 1 is 1.82 bits per heavy atom. The van der Waals surface area contributed by atoms with Gasteiger partial charge in [0.1, 0.15) is 6.04 Å². The van der Waals surface area contributed by atoms with E-state index in [2.05, 4.69) is 5.32 Å². The summed E-state index contributed by atoms with van der Waals surface area (Å²) in [6, 6.07) is -0.725. The van der Waals surface area contributed by atoms with Crippen LogP contribution >= 0.6 is 0 Å². The summed E-state index contributed by atoms with van der Waals surface area (Å²) in [6.07, 6.45) is 1.23. The summed E-state index contributed by atoms with van der Waals surface area (Å²) in [5.41, 5.74) is 4.97. The number of aliphatic carboxylic acids is 1. The fourth-order valence-corrected chi connectivity index (χ4v) is 0.734. The lowest BCUT2D eigenvalue weighted by Crippen LogP contribution is -2.43. The zero-order chi connectivity index (χ0) is 8.85. The minimum absolute atomic E-state index is 0.300. The summed E-state index contributed by atoms with van der Waals surface area (Å²) in [5.74, 6) is -1.27. The van der Waals surface area contributed by atoms with Gasteiger partial charge in [-0.05, 0) is 6.42 Å². The summed E-state index contributed by atoms with van der Waals surface area (Å²) in [7, 11) is 0. The van der Waals surface area contributed by atoms with Gasteiger partial charge in [0.15, 0.2) is 5.96 Å². The van der Waals surface area contributed by atoms with Gasteiger partial charge in [-0.2, -0.15) is 0 Å². The van der Waals surface area contributed by atoms with Crippen LogP contribution in [0, 0.1) is 5.41 Å². The van der Waals surface area contributed by atoms with Crippen molar-refractivity contribution in [2.24, 2.45) is 5.73 Å². The third-order valence-corrected chi connectivity index (χ3v) is 1.21. The number of hydrogen-bond acceptors (Lipinski definition) is 2. The first kappa shape index (κ1) is 9.74. The summed E-state index contributed by atoms with van der Waals surface area (Å²) in [5, 5.41) is 17.7. The molecule has 0 aromatic heterocycles. The first-order valence-corrected chi connectivity index (χ1v) is 3.41. The summed E-state index contributed by atoms with van der Waals surface area (Å²) < 4.78 is 0. The maximum atomic E-state index is 10.4. The van der Waals surface area contributed by atoms with Crippen molar-refractivity contribution >= 4 is 11.9 Å². The molecule has 0 spiro atoms. The highest BCUT2D eigenvalue weighted by atomic mass is 16.4. The van der Waals surface area contributed by atoms with E-state index < -0.39 is 12.0 Å². The first-order chi connectivity index (χ1) is 5.07. The number of carbonyl (C=O) groups is 1. The largest absolute Gasteiger partial charge is 0.480 e. The number of hydrogen-bond donors (Lipinski definition) is 4. The van der Waals surface area contributed by atoms with Crippen molar-refractivity contribution in [3.05, 3.63) is 0 Å². The van der Waals surface area contributed by atoms with E-state index in [0.717, 1.165) is 6.42 Å². The van der Waals surface area contributed by atoms with E-state index in [0.29, 0.717) is 6.42 Å². The van der Waals surface area contributed by atoms with Crippen molar-refractivity contribution in [2.75, 3.05) is 0 Å². The van der Waals surface area contributed by atoms with Gasteiger partial charge < -0.3 is 16.2 Å². The molecule has 0 aromatic rings. The van der Waals surface area contributed by atoms with Crippen molar-refractivity contribution in [1.29, 1.82) is 5.41 Å². The van der Waals surface area contributed by atoms with Crippen LogP contribution < -0.4 is 11.1 Å². The Bertz CT molecular complexity index is 158. The summed E-state index contributed by atoms with van der Waals surface area (Å²) in [4.78, 5) is 10.4. The quantitative estimate of drug-likeness (QED) is 0.335. The van der Waals surface area contributed by atoms with Crippen molar-refractivity contribution < 1.29 is 9.90 Å². The molecule has 0 unspecified atom stereocenters. The molecule has 5 N–H and O–H groups in total. The number of carboxylic acid groups (broad SMARTS) is 1. The van der Waals surface area contributed by atoms with Crippen LogP contribution in [0.25, 0.3) is 0 Å². The molecule has 0 amide bonds. The highest BCUT2D eigenvalue weighted by Gasteiger charge is 2.15. The molecule has 0 rings (SSSR count). The van der Waals surface area contributed by atoms with Crippen molar-refractivity contribution in [3.63, 3.8) is 0 Å². The van der Waals surface area contributed by atoms with Gasteiger partial charge in [-0.1, -0.05) is 13.3 Å². The Balaban J connectivity index is 3.89. The van der Waals surface area contributed by atoms with E-state index >= 15 is 0 Å². The maximum Gasteiger partial charge on any atom is 0.326 e. The van der Waals surface area contributed by atoms with E-state index in [1.165, 1.54) is 0 Å². The Labute approximate surface area is 65.1 Å². The monoisotopic (exact) mass is 159 g/mol. The lowest BCUT2D eigenvalue weighted by molar-refractivity contribution is -0.139. The van der Waals surface area contributed by atoms with Crippen molar-refractivity contribution in [1.82, 2.24) is 5.32 Å². The number of guanidine groups is 1. The minimum atomic E-state index is -0.970. The minimum Gasteiger partial charge on any atom is -0.480 e. The van der Waals surface area contributed by atoms with Gasteiger partial charge in [0.2, 0.25) is 0 Å². The van der Waals surface area contributed by atoms with Crippen LogP contribution in [-0.2, 0) is 4.79 Å². The van der Waals surface area contributed by atoms with Crippen LogP contribution in [0.1, 0.15) is 19.8 Å². The molecule has 0 radical (unpaired) electrons. The van der Waals surface area contributed by atoms with Crippen molar-refractivity contribution in [3.8, 4) is 0 Å². The fraction of sp³-hybridized carbons (Fsp3) is 0.667. The van der Waals surface area contributed by atoms with Crippen LogP contribution in [0.3, 0.4) is 0 Å². The number of rotatable bonds is 4. The molecule has 0 aromatic carbocycles. The Hall–Kier alpha value is -1.26. The normalized spacial score (nSPS) is 12.1. The topological polar surface area (TPSA) is 99.2 Å². The van der Waals surface area contributed by atoms with Gasteiger partial charge in [-0.25, -0.2) is 4.79 Å². The number of nitrogens with one attached hydrogen (secondary N) is 2. The van der Waals surface area contributed by atoms with Crippen LogP contribution in [-0.4, -0.2) is 23.1 Å². The Kier molecular flexibility index (Phi) is 4.02. The summed E-state index contributed by atoms with van der Waals surface area (Å²) in [6.45, 7) is 1.87. The molecule has 0 fully saturated rings. The van der Waals surface area contributed by atoms with E-state index in [4.69, 9.17) is 16.2 Å². The van der Waals surface area contributed by atoms with E-state index in [9.17, 15) is 4.79 Å². The zero-order valence-corrected chi connectivity index (χ0v) is 6.42. The van der Waals surface area contributed by atoms with Gasteiger partial charge >= 0.3 is 5.97 Å². The lowest BCUT2D eigenvalue weighted by atomic mass is 10.2. The first-order valence-electron chi connectivity index (χ1n) is 3.41. The maximum absolute atomic E-state index is 10.4. The molecule has 0 saturated carbocycles. The zero-order valence-electron chi connectivity index (χ0n) is 6.42. The second-order valence-corrected chi connectivity index (χ2v) is 2.24. The third-order valence-electron chi connectivity index (χ3n) is 1.21. The number of nitrogens with two attached hydrogens (primary N) is 1. The third kappa shape index (κ3) is 4.19. The van der Waals surface area contributed by atoms with E-state index in [1.807, 2.05) is 6.92 Å². The van der Waals surface area contributed by atoms with E-state index in [1.54, 1.807) is 0 Å². The van der Waals surface area contributed by atoms with Crippen molar-refractivity contribution in [2.45, 2.75) is 25.8 Å². The average molecular weight is 159 g/mol. The molecule has 0 heterocycles. The predicted octanol–water partition coefficient (Wildman–Crippen LogP) is -0.277. The molecule has 0 saturated heterocycles. The predicted molar refractivity (Wildman–Crippen MR) is 41.4 cm³/mol. The highest BCUT2D eigenvalue weighted by Crippen LogP contribution is 1.95. The molecule has 0 bridgehead atoms. The van der Waals surface area contributed by atoms with Gasteiger partial charge in [-0.3, -0.25) is 5.41 Å². The van der Waals surface area contributed by atoms with Crippen LogP contribution in [0.5, 0.6) is 0 Å². The lowest BCUT2D eigenvalue weighted by Gasteiger charge is -2.12. The molecule has 11 heavy (non-hydrogen) atoms. The molecule has 0 aliphatic heterocycles. The van der Waals surface area contributed by atoms with Crippen LogP contribution in [0.15, 0.2) is 0 Å². The standard InChI is InChI=1S/C6H13N3O2/c1-2-3-4(5(10)11)9-6(7)8/h4H,2-3H2,1H3,(H,10,11)(H4,7,8,9)/t4-/m0/s1. The van der Waals surface area contributed by atoms with Crippen LogP contribution in [0.4, 0.5) is 0 Å². The molecule has 5 nitrogen and oxygen atoms in total. The molecular weight excluding hydrogens is 146 g/mol. The molecule has 64 valence electrons. The van der Waals surface area contributed by atoms with Gasteiger partial charge in [0.05, 0.1) is 0 Å². The van der Waals surface area contributed by atoms with Crippen LogP contribution in [0.2, 0.25) is 0 Å². The molecule has 5 heteroatoms. The second kappa shape index (κ2) is 4.54. The molecule has 1 atom stereocenters. The molecular formula is C6H13N3O2. The smallest absolute Gasteiger partial charge is 0.326 e. The van der Waals surface area contributed by atoms with Gasteiger partial charge in [0, 0.05) is 0 Å². The number of carboxylic acids is 1. The van der Waals surface area contributed by atoms with E-state index in [-0.39, 0.29) is 5.96 Å². The second-order valence-electron chi connectivity index (χ2n) is 2.24. The highest BCUT2D eigenvalue weighted by molar-refractivity contribution is 5.82. The van der Waals surface area contributed by atoms with Gasteiger partial charge in [-0.15, -0.1) is 0 Å². The molecule has 0 aliphatic rings. The molecule has 0 aliphatic carbocycles. The van der Waals surface area contributed by atoms with Gasteiger partial charge in [0.25, 0.3) is 0 Å².